The fourth-order valence-corrected chi connectivity index (χ4v) is 7.94. The second kappa shape index (κ2) is 12.3. The van der Waals surface area contributed by atoms with Gasteiger partial charge in [-0.2, -0.15) is 0 Å². The summed E-state index contributed by atoms with van der Waals surface area (Å²) in [6.45, 7) is 12.2. The molecule has 0 saturated heterocycles. The molecule has 1 amide bonds. The number of hydrogen-bond donors (Lipinski definition) is 2. The number of carbonyl (C=O) groups excluding carboxylic acids is 1. The highest BCUT2D eigenvalue weighted by molar-refractivity contribution is 7.90. The Hall–Kier alpha value is -2.85. The number of rotatable bonds is 10. The molecule has 0 radical (unpaired) electrons. The number of aliphatic hydroxyl groups is 1. The molecule has 5 rings (SSSR count). The van der Waals surface area contributed by atoms with Gasteiger partial charge < -0.3 is 19.5 Å². The van der Waals surface area contributed by atoms with Crippen LogP contribution in [0.3, 0.4) is 0 Å². The fourth-order valence-electron chi connectivity index (χ4n) is 6.63. The zero-order chi connectivity index (χ0) is 31.0. The molecule has 0 aromatic heterocycles. The van der Waals surface area contributed by atoms with Crippen LogP contribution in [0, 0.1) is 11.8 Å². The molecule has 1 fully saturated rings. The highest BCUT2D eigenvalue weighted by Gasteiger charge is 2.44. The monoisotopic (exact) mass is 628 g/mol. The molecular formula is C33H41ClN2O6S. The third-order valence-corrected chi connectivity index (χ3v) is 10.8. The minimum atomic E-state index is -4.23. The lowest BCUT2D eigenvalue weighted by Gasteiger charge is -2.45. The first-order chi connectivity index (χ1) is 20.4. The van der Waals surface area contributed by atoms with Gasteiger partial charge >= 0.3 is 0 Å². The summed E-state index contributed by atoms with van der Waals surface area (Å²) in [4.78, 5) is 15.1. The van der Waals surface area contributed by atoms with Crippen molar-refractivity contribution in [3.05, 3.63) is 77.9 Å². The molecule has 8 nitrogen and oxygen atoms in total. The maximum atomic E-state index is 13.5. The van der Waals surface area contributed by atoms with Gasteiger partial charge in [0.05, 0.1) is 29.9 Å². The maximum Gasteiger partial charge on any atom is 0.265 e. The number of sulfonamides is 1. The Morgan fingerprint density at radius 2 is 2.07 bits per heavy atom. The lowest BCUT2D eigenvalue weighted by atomic mass is 9.68. The molecule has 43 heavy (non-hydrogen) atoms. The van der Waals surface area contributed by atoms with Crippen molar-refractivity contribution in [2.75, 3.05) is 31.2 Å². The van der Waals surface area contributed by atoms with E-state index >= 15 is 0 Å². The summed E-state index contributed by atoms with van der Waals surface area (Å²) in [6, 6.07) is 10.8. The second-order valence-electron chi connectivity index (χ2n) is 12.5. The molecule has 232 valence electrons. The van der Waals surface area contributed by atoms with E-state index in [-0.39, 0.29) is 28.8 Å². The number of amides is 1. The smallest absolute Gasteiger partial charge is 0.265 e. The van der Waals surface area contributed by atoms with Gasteiger partial charge in [-0.15, -0.1) is 13.2 Å². The molecule has 1 saturated carbocycles. The Balaban J connectivity index is 1.51. The van der Waals surface area contributed by atoms with Crippen LogP contribution >= 0.6 is 11.6 Å². The first-order valence-electron chi connectivity index (χ1n) is 14.8. The summed E-state index contributed by atoms with van der Waals surface area (Å²) in [5.41, 5.74) is 1.36. The number of hydrogen-bond acceptors (Lipinski definition) is 7. The lowest BCUT2D eigenvalue weighted by Crippen LogP contribution is -2.49. The number of halogens is 1. The van der Waals surface area contributed by atoms with Crippen LogP contribution < -0.4 is 14.4 Å². The van der Waals surface area contributed by atoms with Crippen LogP contribution in [0.4, 0.5) is 5.69 Å². The van der Waals surface area contributed by atoms with Crippen LogP contribution in [0.25, 0.3) is 0 Å². The van der Waals surface area contributed by atoms with E-state index in [1.165, 1.54) is 37.1 Å². The van der Waals surface area contributed by atoms with E-state index in [1.807, 2.05) is 12.1 Å². The van der Waals surface area contributed by atoms with E-state index in [0.29, 0.717) is 36.2 Å². The zero-order valence-corrected chi connectivity index (χ0v) is 26.4. The van der Waals surface area contributed by atoms with Gasteiger partial charge in [0.2, 0.25) is 0 Å². The first kappa shape index (κ1) is 31.6. The summed E-state index contributed by atoms with van der Waals surface area (Å²) in [7, 11) is -4.23. The van der Waals surface area contributed by atoms with Gasteiger partial charge in [0.25, 0.3) is 15.9 Å². The van der Waals surface area contributed by atoms with Crippen molar-refractivity contribution >= 4 is 33.2 Å². The minimum Gasteiger partial charge on any atom is -0.490 e. The van der Waals surface area contributed by atoms with Crippen LogP contribution in [0.1, 0.15) is 50.7 Å². The van der Waals surface area contributed by atoms with E-state index in [9.17, 15) is 18.3 Å². The van der Waals surface area contributed by atoms with Crippen molar-refractivity contribution in [1.82, 2.24) is 4.72 Å². The number of nitrogens with one attached hydrogen (secondary N) is 1. The van der Waals surface area contributed by atoms with Crippen LogP contribution in [0.15, 0.2) is 66.6 Å². The van der Waals surface area contributed by atoms with Crippen molar-refractivity contribution in [3.8, 4) is 5.75 Å². The number of aryl methyl sites for hydroxylation is 1. The predicted octanol–water partition coefficient (Wildman–Crippen LogP) is 5.17. The number of aliphatic hydroxyl groups excluding tert-OH is 1. The van der Waals surface area contributed by atoms with Crippen LogP contribution in [0.2, 0.25) is 5.02 Å². The van der Waals surface area contributed by atoms with Gasteiger partial charge in [0, 0.05) is 23.5 Å². The highest BCUT2D eigenvalue weighted by atomic mass is 35.5. The number of benzene rings is 2. The molecule has 4 atom stereocenters. The molecule has 2 aromatic rings. The standard InChI is InChI=1S/C33H41ClN2O6S/c1-5-16-42-32(3,4)31(38)35-43(39,40)25-11-14-30-28(18-25)36(19-23-9-12-26(23)29(37)6-2)20-33(21-41-30)15-7-8-22-17-24(34)10-13-27(22)33/h5-6,10-11,13-14,17-18,23,26,29,37H,1-2,7-9,12,15-16,19-21H2,3-4H3,(H,35,38)/t23-,26+,29-,33-/m0/s1. The van der Waals surface area contributed by atoms with Gasteiger partial charge in [-0.25, -0.2) is 13.1 Å². The first-order valence-corrected chi connectivity index (χ1v) is 16.7. The number of fused-ring (bicyclic) bond motifs is 3. The third kappa shape index (κ3) is 6.36. The van der Waals surface area contributed by atoms with Gasteiger partial charge in [0.15, 0.2) is 0 Å². The maximum absolute atomic E-state index is 13.5. The molecule has 1 spiro atoms. The van der Waals surface area contributed by atoms with E-state index in [4.69, 9.17) is 21.1 Å². The zero-order valence-electron chi connectivity index (χ0n) is 24.9. The predicted molar refractivity (Wildman–Crippen MR) is 168 cm³/mol. The Morgan fingerprint density at radius 1 is 1.28 bits per heavy atom. The van der Waals surface area contributed by atoms with Crippen molar-refractivity contribution in [1.29, 1.82) is 0 Å². The normalized spacial score (nSPS) is 24.0. The van der Waals surface area contributed by atoms with Crippen LogP contribution in [-0.2, 0) is 31.4 Å². The van der Waals surface area contributed by atoms with Crippen LogP contribution in [0.5, 0.6) is 5.75 Å². The molecule has 0 unspecified atom stereocenters. The van der Waals surface area contributed by atoms with Crippen molar-refractivity contribution < 1.29 is 27.8 Å². The molecule has 2 aliphatic carbocycles. The lowest BCUT2D eigenvalue weighted by molar-refractivity contribution is -0.139. The van der Waals surface area contributed by atoms with Crippen molar-refractivity contribution in [2.45, 2.75) is 68.0 Å². The largest absolute Gasteiger partial charge is 0.490 e. The Bertz CT molecular complexity index is 1510. The number of nitrogens with zero attached hydrogens (tertiary/aromatic N) is 1. The molecule has 1 heterocycles. The number of anilines is 1. The molecule has 1 aliphatic heterocycles. The third-order valence-electron chi connectivity index (χ3n) is 9.27. The molecule has 0 bridgehead atoms. The molecular weight excluding hydrogens is 588 g/mol. The quantitative estimate of drug-likeness (QED) is 0.350. The minimum absolute atomic E-state index is 0.0456. The highest BCUT2D eigenvalue weighted by Crippen LogP contribution is 2.47. The summed E-state index contributed by atoms with van der Waals surface area (Å²) in [6.07, 6.45) is 7.19. The van der Waals surface area contributed by atoms with Crippen molar-refractivity contribution in [2.24, 2.45) is 11.8 Å². The Kier molecular flexibility index (Phi) is 9.01. The average molecular weight is 629 g/mol. The topological polar surface area (TPSA) is 105 Å². The Labute approximate surface area is 259 Å². The molecule has 3 aliphatic rings. The molecule has 2 aromatic carbocycles. The van der Waals surface area contributed by atoms with E-state index in [1.54, 1.807) is 18.2 Å². The number of carbonyl (C=O) groups is 1. The number of ether oxygens (including phenoxy) is 2. The second-order valence-corrected chi connectivity index (χ2v) is 14.6. The fraction of sp³-hybridized carbons (Fsp3) is 0.485. The van der Waals surface area contributed by atoms with E-state index in [0.717, 1.165) is 32.1 Å². The summed E-state index contributed by atoms with van der Waals surface area (Å²) in [5.74, 6) is 0.0946. The summed E-state index contributed by atoms with van der Waals surface area (Å²) in [5, 5.41) is 11.3. The average Bonchev–Trinajstić information content (AvgIpc) is 3.10. The molecule has 10 heteroatoms. The van der Waals surface area contributed by atoms with Gasteiger partial charge in [-0.1, -0.05) is 29.8 Å². The van der Waals surface area contributed by atoms with Crippen molar-refractivity contribution in [3.63, 3.8) is 0 Å². The summed E-state index contributed by atoms with van der Waals surface area (Å²) >= 11 is 6.37. The van der Waals surface area contributed by atoms with Crippen LogP contribution in [-0.4, -0.2) is 57.4 Å². The van der Waals surface area contributed by atoms with Gasteiger partial charge in [-0.3, -0.25) is 4.79 Å². The molecule has 2 N–H and O–H groups in total. The van der Waals surface area contributed by atoms with E-state index in [2.05, 4.69) is 28.8 Å². The summed E-state index contributed by atoms with van der Waals surface area (Å²) < 4.78 is 41.1. The van der Waals surface area contributed by atoms with Gasteiger partial charge in [0.1, 0.15) is 11.4 Å². The Morgan fingerprint density at radius 3 is 2.77 bits per heavy atom. The SMILES string of the molecule is C=CCOC(C)(C)C(=O)NS(=O)(=O)c1ccc2c(c1)N(C[C@@H]1CC[C@H]1[C@@H](O)C=C)C[C@@]1(CCCc3cc(Cl)ccc31)CO2. The van der Waals surface area contributed by atoms with Gasteiger partial charge in [-0.05, 0) is 99.2 Å². The van der Waals surface area contributed by atoms with E-state index < -0.39 is 27.6 Å².